The molecule has 0 saturated carbocycles. The Morgan fingerprint density at radius 1 is 0.400 bits per heavy atom. The van der Waals surface area contributed by atoms with Crippen LogP contribution in [0.15, 0.2) is 158 Å². The van der Waals surface area contributed by atoms with Crippen molar-refractivity contribution in [2.75, 3.05) is 0 Å². The van der Waals surface area contributed by atoms with Crippen molar-refractivity contribution in [1.82, 2.24) is 0 Å². The Bertz CT molecular complexity index is 1980. The highest BCUT2D eigenvalue weighted by molar-refractivity contribution is 6.19. The molecule has 40 heavy (non-hydrogen) atoms. The van der Waals surface area contributed by atoms with Gasteiger partial charge in [-0.1, -0.05) is 158 Å². The third-order valence-corrected chi connectivity index (χ3v) is 8.59. The van der Waals surface area contributed by atoms with Crippen LogP contribution in [0.25, 0.3) is 60.1 Å². The van der Waals surface area contributed by atoms with Crippen molar-refractivity contribution in [1.29, 1.82) is 0 Å². The Kier molecular flexibility index (Phi) is 5.38. The van der Waals surface area contributed by atoms with Crippen LogP contribution in [0.5, 0.6) is 0 Å². The summed E-state index contributed by atoms with van der Waals surface area (Å²) in [5.74, 6) is 0.856. The highest BCUT2D eigenvalue weighted by Gasteiger charge is 2.22. The van der Waals surface area contributed by atoms with E-state index in [1.807, 2.05) is 0 Å². The van der Waals surface area contributed by atoms with Crippen LogP contribution in [-0.2, 0) is 0 Å². The van der Waals surface area contributed by atoms with Gasteiger partial charge >= 0.3 is 0 Å². The molecule has 8 rings (SSSR count). The maximum Gasteiger partial charge on any atom is 0.00567 e. The maximum atomic E-state index is 2.46. The summed E-state index contributed by atoms with van der Waals surface area (Å²) in [6.07, 6.45) is 16.1. The van der Waals surface area contributed by atoms with Crippen molar-refractivity contribution < 1.29 is 0 Å². The second kappa shape index (κ2) is 9.36. The number of benzene rings is 6. The number of fused-ring (bicyclic) bond motifs is 4. The number of hydrogen-bond acceptors (Lipinski definition) is 0. The third-order valence-electron chi connectivity index (χ3n) is 8.59. The molecule has 0 aliphatic heterocycles. The molecular formula is C40H28. The van der Waals surface area contributed by atoms with E-state index in [0.717, 1.165) is 0 Å². The first-order valence-electron chi connectivity index (χ1n) is 14.1. The number of allylic oxidation sites excluding steroid dienone is 8. The van der Waals surface area contributed by atoms with Crippen molar-refractivity contribution in [3.8, 4) is 22.3 Å². The topological polar surface area (TPSA) is 0 Å². The van der Waals surface area contributed by atoms with Crippen molar-refractivity contribution in [3.63, 3.8) is 0 Å². The summed E-state index contributed by atoms with van der Waals surface area (Å²) in [5.41, 5.74) is 7.71. The van der Waals surface area contributed by atoms with Crippen LogP contribution in [0.4, 0.5) is 0 Å². The minimum absolute atomic E-state index is 0.406. The van der Waals surface area contributed by atoms with E-state index in [2.05, 4.69) is 158 Å². The van der Waals surface area contributed by atoms with Crippen LogP contribution in [0.3, 0.4) is 0 Å². The molecule has 2 aliphatic carbocycles. The lowest BCUT2D eigenvalue weighted by Crippen LogP contribution is -2.11. The second-order valence-corrected chi connectivity index (χ2v) is 10.9. The maximum absolute atomic E-state index is 2.46. The Morgan fingerprint density at radius 2 is 0.950 bits per heavy atom. The fourth-order valence-corrected chi connectivity index (χ4v) is 6.69. The molecule has 0 amide bonds. The Hall–Kier alpha value is -4.94. The molecule has 2 atom stereocenters. The first-order chi connectivity index (χ1) is 19.8. The molecule has 0 heteroatoms. The average molecular weight is 509 g/mol. The van der Waals surface area contributed by atoms with Crippen LogP contribution in [0.2, 0.25) is 0 Å². The number of hydrogen-bond donors (Lipinski definition) is 0. The summed E-state index contributed by atoms with van der Waals surface area (Å²) in [6.45, 7) is 0. The molecule has 6 aromatic carbocycles. The largest absolute Gasteiger partial charge is 0.0767 e. The first-order valence-corrected chi connectivity index (χ1v) is 14.1. The van der Waals surface area contributed by atoms with Crippen LogP contribution < -0.4 is 0 Å². The van der Waals surface area contributed by atoms with Crippen LogP contribution >= 0.6 is 0 Å². The molecule has 0 radical (unpaired) electrons. The molecule has 0 heterocycles. The van der Waals surface area contributed by atoms with Crippen molar-refractivity contribution in [2.45, 2.75) is 0 Å². The van der Waals surface area contributed by atoms with Gasteiger partial charge in [0.1, 0.15) is 0 Å². The zero-order valence-electron chi connectivity index (χ0n) is 22.2. The highest BCUT2D eigenvalue weighted by atomic mass is 14.3. The lowest BCUT2D eigenvalue weighted by atomic mass is 9.79. The standard InChI is InChI=1S/C40H28/c1-2-12-31-26-32(25-20-27(31)10-1)40-37-17-7-5-15-35(37)39(36-16-6-8-18-38(36)40)30-23-21-29(22-24-30)34-19-9-13-28-11-3-4-14-33(28)34/h1-27,31H. The predicted molar refractivity (Wildman–Crippen MR) is 172 cm³/mol. The molecular weight excluding hydrogens is 480 g/mol. The zero-order chi connectivity index (χ0) is 26.5. The summed E-state index contributed by atoms with van der Waals surface area (Å²) < 4.78 is 0. The van der Waals surface area contributed by atoms with Gasteiger partial charge < -0.3 is 0 Å². The monoisotopic (exact) mass is 508 g/mol. The van der Waals surface area contributed by atoms with E-state index in [1.165, 1.54) is 65.7 Å². The van der Waals surface area contributed by atoms with Gasteiger partial charge in [-0.25, -0.2) is 0 Å². The van der Waals surface area contributed by atoms with Crippen molar-refractivity contribution >= 4 is 37.9 Å². The summed E-state index contributed by atoms with van der Waals surface area (Å²) in [7, 11) is 0. The van der Waals surface area contributed by atoms with E-state index >= 15 is 0 Å². The lowest BCUT2D eigenvalue weighted by Gasteiger charge is -2.25. The van der Waals surface area contributed by atoms with Gasteiger partial charge in [-0.05, 0) is 65.7 Å². The van der Waals surface area contributed by atoms with Gasteiger partial charge in [0.2, 0.25) is 0 Å². The third kappa shape index (κ3) is 3.68. The fourth-order valence-electron chi connectivity index (χ4n) is 6.69. The van der Waals surface area contributed by atoms with Crippen LogP contribution in [0.1, 0.15) is 5.56 Å². The highest BCUT2D eigenvalue weighted by Crippen LogP contribution is 2.44. The summed E-state index contributed by atoms with van der Waals surface area (Å²) in [5, 5.41) is 7.76. The normalized spacial score (nSPS) is 17.9. The molecule has 0 aromatic heterocycles. The molecule has 0 bridgehead atoms. The Balaban J connectivity index is 1.32. The fraction of sp³-hybridized carbons (Fsp3) is 0.0500. The van der Waals surface area contributed by atoms with Gasteiger partial charge in [0.15, 0.2) is 0 Å². The van der Waals surface area contributed by atoms with Crippen LogP contribution in [0, 0.1) is 11.8 Å². The molecule has 0 saturated heterocycles. The predicted octanol–water partition coefficient (Wildman–Crippen LogP) is 10.8. The van der Waals surface area contributed by atoms with E-state index in [4.69, 9.17) is 0 Å². The quantitative estimate of drug-likeness (QED) is 0.209. The number of rotatable bonds is 3. The van der Waals surface area contributed by atoms with Gasteiger partial charge in [-0.3, -0.25) is 0 Å². The van der Waals surface area contributed by atoms with E-state index < -0.39 is 0 Å². The molecule has 6 aromatic rings. The smallest absolute Gasteiger partial charge is 0.00567 e. The van der Waals surface area contributed by atoms with E-state index in [0.29, 0.717) is 11.8 Å². The molecule has 2 unspecified atom stereocenters. The molecule has 0 nitrogen and oxygen atoms in total. The average Bonchev–Trinajstić information content (AvgIpc) is 3.03. The van der Waals surface area contributed by atoms with Gasteiger partial charge in [-0.2, -0.15) is 0 Å². The van der Waals surface area contributed by atoms with Gasteiger partial charge in [-0.15, -0.1) is 0 Å². The van der Waals surface area contributed by atoms with Gasteiger partial charge in [0, 0.05) is 11.8 Å². The van der Waals surface area contributed by atoms with E-state index in [1.54, 1.807) is 0 Å². The van der Waals surface area contributed by atoms with E-state index in [9.17, 15) is 0 Å². The van der Waals surface area contributed by atoms with E-state index in [-0.39, 0.29) is 0 Å². The van der Waals surface area contributed by atoms with Gasteiger partial charge in [0.25, 0.3) is 0 Å². The molecule has 0 N–H and O–H groups in total. The van der Waals surface area contributed by atoms with Crippen LogP contribution in [-0.4, -0.2) is 0 Å². The minimum Gasteiger partial charge on any atom is -0.0767 e. The minimum atomic E-state index is 0.406. The Morgan fingerprint density at radius 3 is 1.65 bits per heavy atom. The summed E-state index contributed by atoms with van der Waals surface area (Å²) in [4.78, 5) is 0. The molecule has 0 spiro atoms. The van der Waals surface area contributed by atoms with Crippen molar-refractivity contribution in [3.05, 3.63) is 163 Å². The molecule has 2 aliphatic rings. The SMILES string of the molecule is C1=CC2C=CC(c3c4ccccc4c(-c4ccc(-c5cccc6ccccc56)cc4)c4ccccc34)=CC2C=C1. The van der Waals surface area contributed by atoms with Crippen molar-refractivity contribution in [2.24, 2.45) is 11.8 Å². The van der Waals surface area contributed by atoms with Gasteiger partial charge in [0.05, 0.1) is 0 Å². The summed E-state index contributed by atoms with van der Waals surface area (Å²) >= 11 is 0. The molecule has 0 fully saturated rings. The lowest BCUT2D eigenvalue weighted by molar-refractivity contribution is 0.663. The summed E-state index contributed by atoms with van der Waals surface area (Å²) in [6, 6.07) is 42.2. The first kappa shape index (κ1) is 23.0. The molecule has 188 valence electrons. The Labute approximate surface area is 234 Å². The second-order valence-electron chi connectivity index (χ2n) is 10.9. The zero-order valence-corrected chi connectivity index (χ0v) is 22.2.